The van der Waals surface area contributed by atoms with Crippen LogP contribution in [0.1, 0.15) is 22.5 Å². The summed E-state index contributed by atoms with van der Waals surface area (Å²) in [6.45, 7) is 1.37. The SMILES string of the molecule is COCCCNC(=O)c1cc(=O)c(OCc2ccccc2)cn1C. The van der Waals surface area contributed by atoms with Crippen molar-refractivity contribution in [3.05, 3.63) is 64.1 Å². The lowest BCUT2D eigenvalue weighted by molar-refractivity contribution is 0.0939. The van der Waals surface area contributed by atoms with Gasteiger partial charge in [-0.15, -0.1) is 0 Å². The fourth-order valence-electron chi connectivity index (χ4n) is 2.18. The lowest BCUT2D eigenvalue weighted by Crippen LogP contribution is -2.29. The molecule has 128 valence electrons. The number of aryl methyl sites for hydroxylation is 1. The molecule has 1 heterocycles. The predicted molar refractivity (Wildman–Crippen MR) is 91.3 cm³/mol. The number of carbonyl (C=O) groups excluding carboxylic acids is 1. The van der Waals surface area contributed by atoms with Crippen molar-refractivity contribution in [2.75, 3.05) is 20.3 Å². The highest BCUT2D eigenvalue weighted by Gasteiger charge is 2.12. The van der Waals surface area contributed by atoms with Gasteiger partial charge in [0.25, 0.3) is 5.91 Å². The van der Waals surface area contributed by atoms with Crippen LogP contribution in [0.15, 0.2) is 47.4 Å². The molecule has 2 rings (SSSR count). The molecule has 0 aliphatic carbocycles. The molecule has 0 radical (unpaired) electrons. The molecule has 0 aliphatic heterocycles. The Hall–Kier alpha value is -2.60. The van der Waals surface area contributed by atoms with E-state index in [1.807, 2.05) is 30.3 Å². The molecule has 24 heavy (non-hydrogen) atoms. The first kappa shape index (κ1) is 17.7. The Morgan fingerprint density at radius 2 is 2.00 bits per heavy atom. The Kier molecular flexibility index (Phi) is 6.57. The third kappa shape index (κ3) is 4.96. The van der Waals surface area contributed by atoms with E-state index in [1.54, 1.807) is 18.7 Å². The number of ether oxygens (including phenoxy) is 2. The Labute approximate surface area is 141 Å². The lowest BCUT2D eigenvalue weighted by Gasteiger charge is -2.12. The molecular weight excluding hydrogens is 308 g/mol. The van der Waals surface area contributed by atoms with E-state index in [-0.39, 0.29) is 17.1 Å². The van der Waals surface area contributed by atoms with Crippen molar-refractivity contribution < 1.29 is 14.3 Å². The minimum Gasteiger partial charge on any atom is -0.483 e. The van der Waals surface area contributed by atoms with Crippen molar-refractivity contribution in [1.82, 2.24) is 9.88 Å². The number of amides is 1. The molecule has 0 saturated carbocycles. The van der Waals surface area contributed by atoms with Crippen LogP contribution >= 0.6 is 0 Å². The number of benzene rings is 1. The van der Waals surface area contributed by atoms with Crippen LogP contribution in [-0.4, -0.2) is 30.7 Å². The first-order valence-electron chi connectivity index (χ1n) is 7.76. The lowest BCUT2D eigenvalue weighted by atomic mass is 10.2. The van der Waals surface area contributed by atoms with E-state index in [0.717, 1.165) is 5.56 Å². The van der Waals surface area contributed by atoms with Crippen molar-refractivity contribution in [3.8, 4) is 5.75 Å². The van der Waals surface area contributed by atoms with Crippen molar-refractivity contribution in [2.45, 2.75) is 13.0 Å². The van der Waals surface area contributed by atoms with Gasteiger partial charge in [-0.05, 0) is 12.0 Å². The van der Waals surface area contributed by atoms with Crippen LogP contribution in [0.3, 0.4) is 0 Å². The molecule has 1 amide bonds. The zero-order valence-electron chi connectivity index (χ0n) is 14.0. The first-order valence-corrected chi connectivity index (χ1v) is 7.76. The van der Waals surface area contributed by atoms with Gasteiger partial charge < -0.3 is 19.4 Å². The van der Waals surface area contributed by atoms with Crippen LogP contribution in [0.5, 0.6) is 5.75 Å². The van der Waals surface area contributed by atoms with Gasteiger partial charge in [-0.3, -0.25) is 9.59 Å². The summed E-state index contributed by atoms with van der Waals surface area (Å²) in [6.07, 6.45) is 2.25. The summed E-state index contributed by atoms with van der Waals surface area (Å²) in [7, 11) is 3.32. The third-order valence-corrected chi connectivity index (χ3v) is 3.48. The van der Waals surface area contributed by atoms with Crippen LogP contribution in [0.25, 0.3) is 0 Å². The molecule has 0 fully saturated rings. The number of carbonyl (C=O) groups is 1. The van der Waals surface area contributed by atoms with E-state index in [2.05, 4.69) is 5.32 Å². The fourth-order valence-corrected chi connectivity index (χ4v) is 2.18. The van der Waals surface area contributed by atoms with Gasteiger partial charge in [-0.25, -0.2) is 0 Å². The number of hydrogen-bond acceptors (Lipinski definition) is 4. The number of nitrogens with zero attached hydrogens (tertiary/aromatic N) is 1. The number of aromatic nitrogens is 1. The minimum atomic E-state index is -0.314. The summed E-state index contributed by atoms with van der Waals surface area (Å²) in [6, 6.07) is 10.9. The van der Waals surface area contributed by atoms with E-state index in [4.69, 9.17) is 9.47 Å². The second kappa shape index (κ2) is 8.88. The molecule has 0 spiro atoms. The standard InChI is InChI=1S/C18H22N2O4/c1-20-12-17(24-13-14-7-4-3-5-8-14)16(21)11-15(20)18(22)19-9-6-10-23-2/h3-5,7-8,11-12H,6,9-10,13H2,1-2H3,(H,19,22). The van der Waals surface area contributed by atoms with Gasteiger partial charge in [0, 0.05) is 33.4 Å². The van der Waals surface area contributed by atoms with Gasteiger partial charge in [0.1, 0.15) is 12.3 Å². The van der Waals surface area contributed by atoms with E-state index in [9.17, 15) is 9.59 Å². The largest absolute Gasteiger partial charge is 0.483 e. The average molecular weight is 330 g/mol. The van der Waals surface area contributed by atoms with Crippen molar-refractivity contribution in [3.63, 3.8) is 0 Å². The topological polar surface area (TPSA) is 69.6 Å². The van der Waals surface area contributed by atoms with E-state index >= 15 is 0 Å². The quantitative estimate of drug-likeness (QED) is 0.749. The second-order valence-electron chi connectivity index (χ2n) is 5.37. The fraction of sp³-hybridized carbons (Fsp3) is 0.333. The summed E-state index contributed by atoms with van der Waals surface area (Å²) in [5.74, 6) is -0.0717. The van der Waals surface area contributed by atoms with E-state index in [1.165, 1.54) is 12.3 Å². The average Bonchev–Trinajstić information content (AvgIpc) is 2.60. The maximum Gasteiger partial charge on any atom is 0.268 e. The van der Waals surface area contributed by atoms with Gasteiger partial charge in [0.2, 0.25) is 5.43 Å². The molecule has 1 aromatic heterocycles. The van der Waals surface area contributed by atoms with Crippen LogP contribution < -0.4 is 15.5 Å². The van der Waals surface area contributed by atoms with Crippen molar-refractivity contribution >= 4 is 5.91 Å². The number of rotatable bonds is 8. The highest BCUT2D eigenvalue weighted by molar-refractivity contribution is 5.92. The Bertz CT molecular complexity index is 726. The molecule has 0 aliphatic rings. The third-order valence-electron chi connectivity index (χ3n) is 3.48. The molecule has 0 unspecified atom stereocenters. The minimum absolute atomic E-state index is 0.220. The molecule has 0 atom stereocenters. The van der Waals surface area contributed by atoms with Gasteiger partial charge in [0.05, 0.1) is 6.20 Å². The molecule has 6 nitrogen and oxygen atoms in total. The van der Waals surface area contributed by atoms with Crippen molar-refractivity contribution in [2.24, 2.45) is 7.05 Å². The zero-order chi connectivity index (χ0) is 17.4. The Balaban J connectivity index is 2.02. The van der Waals surface area contributed by atoms with Crippen LogP contribution in [0.2, 0.25) is 0 Å². The highest BCUT2D eigenvalue weighted by atomic mass is 16.5. The molecule has 2 aromatic rings. The molecular formula is C18H22N2O4. The molecule has 0 bridgehead atoms. The van der Waals surface area contributed by atoms with Crippen molar-refractivity contribution in [1.29, 1.82) is 0 Å². The monoisotopic (exact) mass is 330 g/mol. The van der Waals surface area contributed by atoms with Crippen LogP contribution in [0, 0.1) is 0 Å². The predicted octanol–water partition coefficient (Wildman–Crippen LogP) is 1.73. The molecule has 0 saturated heterocycles. The zero-order valence-corrected chi connectivity index (χ0v) is 14.0. The Morgan fingerprint density at radius 1 is 1.25 bits per heavy atom. The smallest absolute Gasteiger partial charge is 0.268 e. The summed E-state index contributed by atoms with van der Waals surface area (Å²) in [4.78, 5) is 24.3. The summed E-state index contributed by atoms with van der Waals surface area (Å²) in [5, 5.41) is 2.76. The first-order chi connectivity index (χ1) is 11.6. The van der Waals surface area contributed by atoms with Crippen LogP contribution in [-0.2, 0) is 18.4 Å². The van der Waals surface area contributed by atoms with E-state index < -0.39 is 0 Å². The van der Waals surface area contributed by atoms with Gasteiger partial charge in [-0.1, -0.05) is 30.3 Å². The summed E-state index contributed by atoms with van der Waals surface area (Å²) in [5.41, 5.74) is 0.954. The maximum absolute atomic E-state index is 12.2. The van der Waals surface area contributed by atoms with E-state index in [0.29, 0.717) is 31.9 Å². The molecule has 1 aromatic carbocycles. The summed E-state index contributed by atoms with van der Waals surface area (Å²) < 4.78 is 12.1. The maximum atomic E-state index is 12.2. The number of pyridine rings is 1. The second-order valence-corrected chi connectivity index (χ2v) is 5.37. The van der Waals surface area contributed by atoms with Gasteiger partial charge in [0.15, 0.2) is 5.75 Å². The molecule has 6 heteroatoms. The van der Waals surface area contributed by atoms with Gasteiger partial charge >= 0.3 is 0 Å². The van der Waals surface area contributed by atoms with Gasteiger partial charge in [-0.2, -0.15) is 0 Å². The summed E-state index contributed by atoms with van der Waals surface area (Å²) >= 11 is 0. The number of methoxy groups -OCH3 is 1. The molecule has 1 N–H and O–H groups in total. The number of nitrogens with one attached hydrogen (secondary N) is 1. The normalized spacial score (nSPS) is 10.4. The van der Waals surface area contributed by atoms with Crippen LogP contribution in [0.4, 0.5) is 0 Å². The number of hydrogen-bond donors (Lipinski definition) is 1. The Morgan fingerprint density at radius 3 is 2.71 bits per heavy atom. The highest BCUT2D eigenvalue weighted by Crippen LogP contribution is 2.09.